The Morgan fingerprint density at radius 3 is 3.19 bits per heavy atom. The van der Waals surface area contributed by atoms with Crippen molar-refractivity contribution in [2.24, 2.45) is 0 Å². The van der Waals surface area contributed by atoms with Crippen LogP contribution in [-0.4, -0.2) is 22.4 Å². The zero-order valence-corrected chi connectivity index (χ0v) is 8.92. The molecular formula is C11H12N2O3. The van der Waals surface area contributed by atoms with Gasteiger partial charge in [0.25, 0.3) is 0 Å². The second-order valence-electron chi connectivity index (χ2n) is 3.28. The normalized spacial score (nSPS) is 10.3. The van der Waals surface area contributed by atoms with Crippen molar-refractivity contribution in [1.29, 1.82) is 0 Å². The van der Waals surface area contributed by atoms with E-state index in [0.29, 0.717) is 18.7 Å². The van der Waals surface area contributed by atoms with Gasteiger partial charge in [0.15, 0.2) is 0 Å². The van der Waals surface area contributed by atoms with Crippen LogP contribution in [0.1, 0.15) is 22.8 Å². The Hall–Kier alpha value is -2.04. The predicted molar refractivity (Wildman–Crippen MR) is 56.0 cm³/mol. The zero-order valence-electron chi connectivity index (χ0n) is 8.92. The van der Waals surface area contributed by atoms with Crippen LogP contribution in [0.2, 0.25) is 0 Å². The quantitative estimate of drug-likeness (QED) is 0.736. The Morgan fingerprint density at radius 2 is 2.50 bits per heavy atom. The van der Waals surface area contributed by atoms with Crippen LogP contribution in [0.25, 0.3) is 0 Å². The lowest BCUT2D eigenvalue weighted by atomic mass is 10.3. The van der Waals surface area contributed by atoms with Gasteiger partial charge in [-0.1, -0.05) is 0 Å². The van der Waals surface area contributed by atoms with Crippen molar-refractivity contribution >= 4 is 5.97 Å². The number of hydrogen-bond donors (Lipinski definition) is 0. The molecule has 0 spiro atoms. The monoisotopic (exact) mass is 220 g/mol. The fourth-order valence-corrected chi connectivity index (χ4v) is 1.34. The summed E-state index contributed by atoms with van der Waals surface area (Å²) in [5.74, 6) is -0.346. The summed E-state index contributed by atoms with van der Waals surface area (Å²) in [4.78, 5) is 11.4. The molecule has 2 heterocycles. The standard InChI is InChI=1S/C11H12N2O3/c1-2-16-11(14)10-5-12-13(7-10)6-9-3-4-15-8-9/h3-5,7-8H,2,6H2,1H3. The summed E-state index contributed by atoms with van der Waals surface area (Å²) in [7, 11) is 0. The van der Waals surface area contributed by atoms with Crippen molar-refractivity contribution in [3.05, 3.63) is 42.1 Å². The van der Waals surface area contributed by atoms with Gasteiger partial charge in [0, 0.05) is 11.8 Å². The summed E-state index contributed by atoms with van der Waals surface area (Å²) in [5.41, 5.74) is 1.46. The Balaban J connectivity index is 2.05. The molecule has 0 aliphatic carbocycles. The molecule has 0 N–H and O–H groups in total. The molecule has 0 aromatic carbocycles. The van der Waals surface area contributed by atoms with Crippen LogP contribution in [0.15, 0.2) is 35.4 Å². The molecular weight excluding hydrogens is 208 g/mol. The summed E-state index contributed by atoms with van der Waals surface area (Å²) >= 11 is 0. The first-order valence-electron chi connectivity index (χ1n) is 5.00. The van der Waals surface area contributed by atoms with Gasteiger partial charge in [-0.05, 0) is 13.0 Å². The second kappa shape index (κ2) is 4.65. The van der Waals surface area contributed by atoms with E-state index < -0.39 is 0 Å². The molecule has 0 unspecified atom stereocenters. The average molecular weight is 220 g/mol. The molecule has 84 valence electrons. The van der Waals surface area contributed by atoms with Crippen LogP contribution in [0.3, 0.4) is 0 Å². The van der Waals surface area contributed by atoms with E-state index in [1.807, 2.05) is 6.07 Å². The second-order valence-corrected chi connectivity index (χ2v) is 3.28. The third-order valence-corrected chi connectivity index (χ3v) is 2.07. The van der Waals surface area contributed by atoms with Crippen molar-refractivity contribution < 1.29 is 13.9 Å². The van der Waals surface area contributed by atoms with E-state index in [1.54, 1.807) is 30.3 Å². The molecule has 0 aliphatic heterocycles. The van der Waals surface area contributed by atoms with Crippen molar-refractivity contribution in [2.45, 2.75) is 13.5 Å². The SMILES string of the molecule is CCOC(=O)c1cnn(Cc2ccoc2)c1. The van der Waals surface area contributed by atoms with E-state index >= 15 is 0 Å². The Bertz CT molecular complexity index is 459. The van der Waals surface area contributed by atoms with Gasteiger partial charge < -0.3 is 9.15 Å². The summed E-state index contributed by atoms with van der Waals surface area (Å²) in [6, 6.07) is 1.85. The molecule has 16 heavy (non-hydrogen) atoms. The molecule has 2 aromatic rings. The number of esters is 1. The molecule has 0 atom stereocenters. The number of furan rings is 1. The smallest absolute Gasteiger partial charge is 0.341 e. The molecule has 5 nitrogen and oxygen atoms in total. The maximum absolute atomic E-state index is 11.4. The van der Waals surface area contributed by atoms with E-state index in [2.05, 4.69) is 5.10 Å². The van der Waals surface area contributed by atoms with E-state index in [0.717, 1.165) is 5.56 Å². The molecule has 0 fully saturated rings. The maximum atomic E-state index is 11.4. The lowest BCUT2D eigenvalue weighted by Gasteiger charge is -1.97. The van der Waals surface area contributed by atoms with Crippen LogP contribution in [0.4, 0.5) is 0 Å². The first-order valence-corrected chi connectivity index (χ1v) is 5.00. The number of rotatable bonds is 4. The number of carbonyl (C=O) groups excluding carboxylic acids is 1. The van der Waals surface area contributed by atoms with E-state index in [4.69, 9.17) is 9.15 Å². The highest BCUT2D eigenvalue weighted by molar-refractivity contribution is 5.88. The van der Waals surface area contributed by atoms with Gasteiger partial charge in [-0.25, -0.2) is 4.79 Å². The lowest BCUT2D eigenvalue weighted by molar-refractivity contribution is 0.0526. The molecule has 0 saturated carbocycles. The molecule has 2 rings (SSSR count). The largest absolute Gasteiger partial charge is 0.472 e. The van der Waals surface area contributed by atoms with Crippen LogP contribution in [0, 0.1) is 0 Å². The summed E-state index contributed by atoms with van der Waals surface area (Å²) in [6.45, 7) is 2.72. The van der Waals surface area contributed by atoms with Crippen molar-refractivity contribution in [1.82, 2.24) is 9.78 Å². The van der Waals surface area contributed by atoms with Gasteiger partial charge in [-0.3, -0.25) is 4.68 Å². The highest BCUT2D eigenvalue weighted by Gasteiger charge is 2.09. The van der Waals surface area contributed by atoms with Gasteiger partial charge in [-0.15, -0.1) is 0 Å². The highest BCUT2D eigenvalue weighted by Crippen LogP contribution is 2.05. The Morgan fingerprint density at radius 1 is 1.62 bits per heavy atom. The minimum Gasteiger partial charge on any atom is -0.472 e. The molecule has 0 radical (unpaired) electrons. The number of aromatic nitrogens is 2. The Kier molecular flexibility index (Phi) is 3.05. The Labute approximate surface area is 92.6 Å². The van der Waals surface area contributed by atoms with Crippen LogP contribution >= 0.6 is 0 Å². The summed E-state index contributed by atoms with van der Waals surface area (Å²) in [6.07, 6.45) is 6.40. The highest BCUT2D eigenvalue weighted by atomic mass is 16.5. The van der Waals surface area contributed by atoms with Crippen molar-refractivity contribution in [2.75, 3.05) is 6.61 Å². The fourth-order valence-electron chi connectivity index (χ4n) is 1.34. The number of carbonyl (C=O) groups is 1. The third-order valence-electron chi connectivity index (χ3n) is 2.07. The first kappa shape index (κ1) is 10.5. The summed E-state index contributed by atoms with van der Waals surface area (Å²) in [5, 5.41) is 4.07. The molecule has 5 heteroatoms. The molecule has 0 aliphatic rings. The van der Waals surface area contributed by atoms with Gasteiger partial charge in [0.1, 0.15) is 0 Å². The van der Waals surface area contributed by atoms with Gasteiger partial charge in [0.05, 0.1) is 37.4 Å². The average Bonchev–Trinajstić information content (AvgIpc) is 2.90. The third kappa shape index (κ3) is 2.31. The van der Waals surface area contributed by atoms with Crippen molar-refractivity contribution in [3.8, 4) is 0 Å². The number of hydrogen-bond acceptors (Lipinski definition) is 4. The zero-order chi connectivity index (χ0) is 11.4. The van der Waals surface area contributed by atoms with Crippen LogP contribution in [0.5, 0.6) is 0 Å². The first-order chi connectivity index (χ1) is 7.79. The lowest BCUT2D eigenvalue weighted by Crippen LogP contribution is -2.03. The topological polar surface area (TPSA) is 57.3 Å². The molecule has 0 amide bonds. The van der Waals surface area contributed by atoms with E-state index in [9.17, 15) is 4.79 Å². The summed E-state index contributed by atoms with van der Waals surface area (Å²) < 4.78 is 11.5. The molecule has 0 bridgehead atoms. The van der Waals surface area contributed by atoms with Gasteiger partial charge >= 0.3 is 5.97 Å². The van der Waals surface area contributed by atoms with Crippen LogP contribution in [-0.2, 0) is 11.3 Å². The molecule has 2 aromatic heterocycles. The van der Waals surface area contributed by atoms with Gasteiger partial charge in [0.2, 0.25) is 0 Å². The van der Waals surface area contributed by atoms with E-state index in [-0.39, 0.29) is 5.97 Å². The van der Waals surface area contributed by atoms with Gasteiger partial charge in [-0.2, -0.15) is 5.10 Å². The predicted octanol–water partition coefficient (Wildman–Crippen LogP) is 1.70. The molecule has 0 saturated heterocycles. The van der Waals surface area contributed by atoms with Crippen molar-refractivity contribution in [3.63, 3.8) is 0 Å². The fraction of sp³-hybridized carbons (Fsp3) is 0.273. The number of ether oxygens (including phenoxy) is 1. The van der Waals surface area contributed by atoms with E-state index in [1.165, 1.54) is 6.20 Å². The number of nitrogens with zero attached hydrogens (tertiary/aromatic N) is 2. The van der Waals surface area contributed by atoms with Crippen LogP contribution < -0.4 is 0 Å². The minimum absolute atomic E-state index is 0.346. The minimum atomic E-state index is -0.346. The maximum Gasteiger partial charge on any atom is 0.341 e.